The predicted molar refractivity (Wildman–Crippen MR) is 124 cm³/mol. The molecule has 0 aliphatic carbocycles. The van der Waals surface area contributed by atoms with Crippen LogP contribution in [0.1, 0.15) is 11.1 Å². The highest BCUT2D eigenvalue weighted by Crippen LogP contribution is 2.37. The molecule has 2 heterocycles. The number of para-hydroxylation sites is 2. The van der Waals surface area contributed by atoms with E-state index in [1.807, 2.05) is 24.3 Å². The number of hydrogen-bond acceptors (Lipinski definition) is 5. The van der Waals surface area contributed by atoms with E-state index in [1.165, 1.54) is 24.5 Å². The highest BCUT2D eigenvalue weighted by atomic mass is 35.5. The van der Waals surface area contributed by atoms with Gasteiger partial charge in [-0.1, -0.05) is 53.3 Å². The van der Waals surface area contributed by atoms with Crippen molar-refractivity contribution in [2.24, 2.45) is 0 Å². The molecule has 5 rings (SSSR count). The molecule has 0 N–H and O–H groups in total. The standard InChI is InChI=1S/C24H16ClFN2O3S/c1-30-20-11-14(10-16(25)22(20)31-13-15-6-2-3-7-17(15)26)12-21-23(29)28-19-9-5-4-8-18(19)27-24(28)32-21/h2-12H,13H2,1H3/b21-12-. The van der Waals surface area contributed by atoms with Crippen molar-refractivity contribution in [2.75, 3.05) is 7.11 Å². The van der Waals surface area contributed by atoms with E-state index in [-0.39, 0.29) is 18.0 Å². The summed E-state index contributed by atoms with van der Waals surface area (Å²) in [6.45, 7) is 0.00567. The summed E-state index contributed by atoms with van der Waals surface area (Å²) in [5, 5.41) is 0.297. The van der Waals surface area contributed by atoms with Crippen molar-refractivity contribution in [1.29, 1.82) is 0 Å². The fourth-order valence-electron chi connectivity index (χ4n) is 3.49. The Morgan fingerprint density at radius 2 is 1.94 bits per heavy atom. The van der Waals surface area contributed by atoms with E-state index in [9.17, 15) is 9.18 Å². The Hall–Kier alpha value is -3.42. The normalized spacial score (nSPS) is 12.0. The van der Waals surface area contributed by atoms with Crippen LogP contribution in [0.4, 0.5) is 4.39 Å². The second-order valence-electron chi connectivity index (χ2n) is 7.05. The molecule has 0 aliphatic rings. The zero-order valence-electron chi connectivity index (χ0n) is 16.8. The van der Waals surface area contributed by atoms with Crippen molar-refractivity contribution in [1.82, 2.24) is 9.38 Å². The number of ether oxygens (including phenoxy) is 2. The first-order chi connectivity index (χ1) is 15.5. The van der Waals surface area contributed by atoms with Gasteiger partial charge in [-0.2, -0.15) is 0 Å². The minimum Gasteiger partial charge on any atom is -0.493 e. The molecule has 160 valence electrons. The van der Waals surface area contributed by atoms with Gasteiger partial charge in [0.05, 0.1) is 27.7 Å². The van der Waals surface area contributed by atoms with Crippen LogP contribution in [0.2, 0.25) is 5.02 Å². The highest BCUT2D eigenvalue weighted by molar-refractivity contribution is 7.15. The lowest BCUT2D eigenvalue weighted by Crippen LogP contribution is -2.22. The van der Waals surface area contributed by atoms with Crippen LogP contribution in [0.25, 0.3) is 22.1 Å². The molecular weight excluding hydrogens is 451 g/mol. The lowest BCUT2D eigenvalue weighted by molar-refractivity contribution is 0.280. The topological polar surface area (TPSA) is 52.8 Å². The number of hydrogen-bond donors (Lipinski definition) is 0. The summed E-state index contributed by atoms with van der Waals surface area (Å²) in [4.78, 5) is 18.1. The third kappa shape index (κ3) is 3.59. The lowest BCUT2D eigenvalue weighted by Gasteiger charge is -2.13. The maximum atomic E-state index is 13.9. The number of aromatic nitrogens is 2. The summed E-state index contributed by atoms with van der Waals surface area (Å²) < 4.78 is 27.2. The van der Waals surface area contributed by atoms with Gasteiger partial charge in [0.25, 0.3) is 5.56 Å². The molecule has 0 spiro atoms. The van der Waals surface area contributed by atoms with Crippen molar-refractivity contribution in [3.05, 3.63) is 97.5 Å². The number of fused-ring (bicyclic) bond motifs is 3. The molecule has 5 nitrogen and oxygen atoms in total. The van der Waals surface area contributed by atoms with Gasteiger partial charge in [0.15, 0.2) is 16.5 Å². The van der Waals surface area contributed by atoms with Gasteiger partial charge in [-0.05, 0) is 42.0 Å². The van der Waals surface area contributed by atoms with Crippen LogP contribution >= 0.6 is 22.9 Å². The fourth-order valence-corrected chi connectivity index (χ4v) is 4.75. The summed E-state index contributed by atoms with van der Waals surface area (Å²) in [7, 11) is 1.50. The van der Waals surface area contributed by atoms with E-state index >= 15 is 0 Å². The summed E-state index contributed by atoms with van der Waals surface area (Å²) in [5.74, 6) is 0.342. The molecule has 0 aliphatic heterocycles. The second kappa shape index (κ2) is 8.26. The molecule has 0 fully saturated rings. The number of nitrogens with zero attached hydrogens (tertiary/aromatic N) is 2. The molecule has 0 atom stereocenters. The van der Waals surface area contributed by atoms with Crippen LogP contribution in [-0.2, 0) is 6.61 Å². The summed E-state index contributed by atoms with van der Waals surface area (Å²) in [6.07, 6.45) is 1.74. The molecule has 32 heavy (non-hydrogen) atoms. The number of methoxy groups -OCH3 is 1. The minimum atomic E-state index is -0.356. The average molecular weight is 467 g/mol. The van der Waals surface area contributed by atoms with Gasteiger partial charge in [-0.3, -0.25) is 4.79 Å². The number of benzene rings is 3. The van der Waals surface area contributed by atoms with E-state index in [0.717, 1.165) is 11.0 Å². The van der Waals surface area contributed by atoms with Crippen molar-refractivity contribution < 1.29 is 13.9 Å². The third-order valence-corrected chi connectivity index (χ3v) is 6.27. The summed E-state index contributed by atoms with van der Waals surface area (Å²) in [6, 6.07) is 17.3. The van der Waals surface area contributed by atoms with Crippen LogP contribution in [0.3, 0.4) is 0 Å². The highest BCUT2D eigenvalue weighted by Gasteiger charge is 2.14. The molecule has 0 saturated carbocycles. The Morgan fingerprint density at radius 3 is 2.75 bits per heavy atom. The van der Waals surface area contributed by atoms with Gasteiger partial charge < -0.3 is 9.47 Å². The SMILES string of the molecule is COc1cc(/C=c2\sc3nc4ccccc4n3c2=O)cc(Cl)c1OCc1ccccc1F. The average Bonchev–Trinajstić information content (AvgIpc) is 3.30. The predicted octanol–water partition coefficient (Wildman–Crippen LogP) is 4.84. The van der Waals surface area contributed by atoms with Crippen LogP contribution in [0.5, 0.6) is 11.5 Å². The van der Waals surface area contributed by atoms with E-state index in [2.05, 4.69) is 4.98 Å². The Kier molecular flexibility index (Phi) is 5.28. The smallest absolute Gasteiger partial charge is 0.274 e. The number of halogens is 2. The van der Waals surface area contributed by atoms with Crippen molar-refractivity contribution in [2.45, 2.75) is 6.61 Å². The zero-order chi connectivity index (χ0) is 22.2. The van der Waals surface area contributed by atoms with Crippen LogP contribution in [-0.4, -0.2) is 16.5 Å². The van der Waals surface area contributed by atoms with Crippen molar-refractivity contribution in [3.63, 3.8) is 0 Å². The number of imidazole rings is 1. The Balaban J connectivity index is 1.53. The van der Waals surface area contributed by atoms with Gasteiger partial charge in [0.1, 0.15) is 12.4 Å². The number of thiazole rings is 1. The van der Waals surface area contributed by atoms with E-state index in [1.54, 1.807) is 40.8 Å². The minimum absolute atomic E-state index is 0.00567. The molecular formula is C24H16ClFN2O3S. The van der Waals surface area contributed by atoms with Gasteiger partial charge in [0, 0.05) is 5.56 Å². The first-order valence-corrected chi connectivity index (χ1v) is 10.9. The first kappa shape index (κ1) is 20.5. The van der Waals surface area contributed by atoms with Gasteiger partial charge in [-0.25, -0.2) is 13.8 Å². The molecule has 2 aromatic heterocycles. The Labute approximate surface area is 190 Å². The maximum Gasteiger partial charge on any atom is 0.274 e. The summed E-state index contributed by atoms with van der Waals surface area (Å²) in [5.41, 5.74) is 2.50. The third-order valence-electron chi connectivity index (χ3n) is 5.02. The van der Waals surface area contributed by atoms with Crippen LogP contribution in [0.15, 0.2) is 65.5 Å². The number of rotatable bonds is 5. The molecule has 0 unspecified atom stereocenters. The van der Waals surface area contributed by atoms with Crippen LogP contribution < -0.4 is 19.6 Å². The Bertz CT molecular complexity index is 1580. The Morgan fingerprint density at radius 1 is 1.16 bits per heavy atom. The van der Waals surface area contributed by atoms with Crippen LogP contribution in [0, 0.1) is 5.82 Å². The largest absolute Gasteiger partial charge is 0.493 e. The van der Waals surface area contributed by atoms with E-state index in [4.69, 9.17) is 21.1 Å². The zero-order valence-corrected chi connectivity index (χ0v) is 18.4. The molecule has 3 aromatic carbocycles. The van der Waals surface area contributed by atoms with Gasteiger partial charge in [-0.15, -0.1) is 0 Å². The molecule has 0 bridgehead atoms. The molecule has 8 heteroatoms. The fraction of sp³-hybridized carbons (Fsp3) is 0.0833. The van der Waals surface area contributed by atoms with E-state index < -0.39 is 0 Å². The maximum absolute atomic E-state index is 13.9. The summed E-state index contributed by atoms with van der Waals surface area (Å²) >= 11 is 7.75. The molecule has 0 saturated heterocycles. The monoisotopic (exact) mass is 466 g/mol. The van der Waals surface area contributed by atoms with Gasteiger partial charge >= 0.3 is 0 Å². The molecule has 0 radical (unpaired) electrons. The quantitative estimate of drug-likeness (QED) is 0.372. The molecule has 5 aromatic rings. The van der Waals surface area contributed by atoms with Gasteiger partial charge in [0.2, 0.25) is 0 Å². The van der Waals surface area contributed by atoms with Crippen molar-refractivity contribution in [3.8, 4) is 11.5 Å². The first-order valence-electron chi connectivity index (χ1n) is 9.70. The van der Waals surface area contributed by atoms with E-state index in [0.29, 0.717) is 37.1 Å². The second-order valence-corrected chi connectivity index (χ2v) is 8.46. The lowest BCUT2D eigenvalue weighted by atomic mass is 10.2. The van der Waals surface area contributed by atoms with Crippen molar-refractivity contribution >= 4 is 45.0 Å². The molecule has 0 amide bonds.